The molecule has 1 aliphatic carbocycles. The van der Waals surface area contributed by atoms with Crippen LogP contribution in [0.15, 0.2) is 18.2 Å². The molecule has 4 fully saturated rings. The average molecular weight is 497 g/mol. The van der Waals surface area contributed by atoms with Gasteiger partial charge in [-0.1, -0.05) is 26.7 Å². The molecule has 0 radical (unpaired) electrons. The van der Waals surface area contributed by atoms with Gasteiger partial charge in [0.25, 0.3) is 0 Å². The molecule has 36 heavy (non-hydrogen) atoms. The molecule has 1 saturated carbocycles. The van der Waals surface area contributed by atoms with Crippen LogP contribution in [-0.2, 0) is 14.3 Å². The van der Waals surface area contributed by atoms with Gasteiger partial charge in [-0.05, 0) is 55.5 Å². The van der Waals surface area contributed by atoms with Crippen molar-refractivity contribution < 1.29 is 19.1 Å². The molecule has 0 unspecified atom stereocenters. The summed E-state index contributed by atoms with van der Waals surface area (Å²) in [4.78, 5) is 46.3. The van der Waals surface area contributed by atoms with Crippen molar-refractivity contribution >= 4 is 23.3 Å². The summed E-state index contributed by atoms with van der Waals surface area (Å²) in [6.45, 7) is 9.72. The number of ether oxygens (including phenoxy) is 1. The highest BCUT2D eigenvalue weighted by Gasteiger charge is 2.53. The number of primary amides is 1. The second-order valence-electron chi connectivity index (χ2n) is 10.9. The number of Topliss-reactive ketones (excluding diaryl/α,β-unsaturated/α-hetero) is 1. The van der Waals surface area contributed by atoms with Gasteiger partial charge in [-0.15, -0.1) is 0 Å². The molecule has 3 aliphatic heterocycles. The van der Waals surface area contributed by atoms with Crippen molar-refractivity contribution in [1.29, 1.82) is 0 Å². The molecule has 2 N–H and O–H groups in total. The lowest BCUT2D eigenvalue weighted by Gasteiger charge is -2.36. The average Bonchev–Trinajstić information content (AvgIpc) is 3.63. The number of benzene rings is 1. The molecule has 0 aromatic heterocycles. The van der Waals surface area contributed by atoms with Crippen LogP contribution in [-0.4, -0.2) is 85.4 Å². The second kappa shape index (κ2) is 10.5. The van der Waals surface area contributed by atoms with Crippen LogP contribution < -0.4 is 10.6 Å². The number of piperazine rings is 1. The molecule has 4 aliphatic rings. The van der Waals surface area contributed by atoms with Crippen molar-refractivity contribution in [3.8, 4) is 0 Å². The van der Waals surface area contributed by atoms with Crippen molar-refractivity contribution in [2.45, 2.75) is 64.0 Å². The molecule has 3 heterocycles. The van der Waals surface area contributed by atoms with Crippen molar-refractivity contribution in [3.63, 3.8) is 0 Å². The Balaban J connectivity index is 1.52. The Morgan fingerprint density at radius 1 is 1.11 bits per heavy atom. The Hall–Kier alpha value is -2.45. The monoisotopic (exact) mass is 496 g/mol. The van der Waals surface area contributed by atoms with Crippen LogP contribution in [0.4, 0.5) is 5.69 Å². The maximum atomic E-state index is 14.4. The zero-order valence-corrected chi connectivity index (χ0v) is 21.7. The smallest absolute Gasteiger partial charge is 0.249 e. The molecular formula is C28H40N4O4. The van der Waals surface area contributed by atoms with Gasteiger partial charge in [0.05, 0.1) is 12.0 Å². The van der Waals surface area contributed by atoms with E-state index in [0.29, 0.717) is 12.1 Å². The third-order valence-electron chi connectivity index (χ3n) is 9.06. The number of likely N-dealkylation sites (N-methyl/N-ethyl adjacent to an activating group) is 1. The summed E-state index contributed by atoms with van der Waals surface area (Å²) in [6, 6.07) is 5.31. The number of hydrogen-bond acceptors (Lipinski definition) is 6. The molecule has 0 bridgehead atoms. The fraction of sp³-hybridized carbons (Fsp3) is 0.679. The number of likely N-dealkylation sites (tertiary alicyclic amines) is 1. The van der Waals surface area contributed by atoms with Gasteiger partial charge in [0, 0.05) is 49.9 Å². The lowest BCUT2D eigenvalue weighted by atomic mass is 9.80. The zero-order valence-electron chi connectivity index (χ0n) is 21.7. The van der Waals surface area contributed by atoms with Gasteiger partial charge in [0.15, 0.2) is 5.78 Å². The Bertz CT molecular complexity index is 999. The number of anilines is 1. The summed E-state index contributed by atoms with van der Waals surface area (Å²) in [5.74, 6) is -0.731. The number of fused-ring (bicyclic) bond motifs is 1. The van der Waals surface area contributed by atoms with E-state index in [0.717, 1.165) is 76.1 Å². The summed E-state index contributed by atoms with van der Waals surface area (Å²) in [7, 11) is 0. The Morgan fingerprint density at radius 2 is 1.83 bits per heavy atom. The molecule has 2 amide bonds. The van der Waals surface area contributed by atoms with Gasteiger partial charge < -0.3 is 25.2 Å². The van der Waals surface area contributed by atoms with E-state index in [4.69, 9.17) is 10.5 Å². The summed E-state index contributed by atoms with van der Waals surface area (Å²) in [5.41, 5.74) is 8.06. The molecule has 196 valence electrons. The minimum absolute atomic E-state index is 0.00728. The van der Waals surface area contributed by atoms with E-state index >= 15 is 0 Å². The Kier molecular flexibility index (Phi) is 7.35. The van der Waals surface area contributed by atoms with Crippen LogP contribution in [0.1, 0.15) is 67.8 Å². The van der Waals surface area contributed by atoms with Gasteiger partial charge >= 0.3 is 0 Å². The zero-order chi connectivity index (χ0) is 25.4. The number of ketones is 1. The van der Waals surface area contributed by atoms with Gasteiger partial charge in [-0.3, -0.25) is 14.4 Å². The van der Waals surface area contributed by atoms with Crippen molar-refractivity contribution in [2.24, 2.45) is 17.6 Å². The van der Waals surface area contributed by atoms with E-state index in [2.05, 4.69) is 23.6 Å². The third-order valence-corrected chi connectivity index (χ3v) is 9.06. The van der Waals surface area contributed by atoms with Crippen LogP contribution >= 0.6 is 0 Å². The number of hydrogen-bond donors (Lipinski definition) is 1. The van der Waals surface area contributed by atoms with Crippen LogP contribution in [0.25, 0.3) is 0 Å². The molecule has 0 spiro atoms. The van der Waals surface area contributed by atoms with Gasteiger partial charge in [-0.25, -0.2) is 0 Å². The summed E-state index contributed by atoms with van der Waals surface area (Å²) in [6.07, 6.45) is 4.68. The van der Waals surface area contributed by atoms with Gasteiger partial charge in [0.2, 0.25) is 11.8 Å². The number of carbonyl (C=O) groups is 3. The SMILES string of the molecule is CC[C@H]1CN(C(=O)[C@H](c2cc(N3CCN(CC)CC3)ccc2C(N)=O)C2CCCC2)[C@@H]2C(=O)CO[C@H]12. The lowest BCUT2D eigenvalue weighted by molar-refractivity contribution is -0.138. The number of nitrogens with zero attached hydrogens (tertiary/aromatic N) is 3. The van der Waals surface area contributed by atoms with E-state index in [1.54, 1.807) is 11.0 Å². The molecule has 3 saturated heterocycles. The van der Waals surface area contributed by atoms with Crippen molar-refractivity contribution in [2.75, 3.05) is 50.8 Å². The number of amides is 2. The van der Waals surface area contributed by atoms with E-state index in [-0.39, 0.29) is 36.2 Å². The van der Waals surface area contributed by atoms with E-state index < -0.39 is 17.9 Å². The molecule has 8 nitrogen and oxygen atoms in total. The first-order valence-electron chi connectivity index (χ1n) is 13.8. The van der Waals surface area contributed by atoms with E-state index in [1.165, 1.54) is 0 Å². The number of carbonyl (C=O) groups excluding carboxylic acids is 3. The third kappa shape index (κ3) is 4.54. The standard InChI is InChI=1S/C28H40N4O4/c1-3-18-16-32(25-23(33)17-36-26(18)25)28(35)24(19-7-5-6-8-19)22-15-20(9-10-21(22)27(29)34)31-13-11-30(4-2)12-14-31/h9-10,15,18-19,24-26H,3-8,11-14,16-17H2,1-2H3,(H2,29,34)/t18-,24-,25+,26+/m0/s1. The largest absolute Gasteiger partial charge is 0.369 e. The molecular weight excluding hydrogens is 456 g/mol. The fourth-order valence-electron chi connectivity index (χ4n) is 6.95. The highest BCUT2D eigenvalue weighted by Crippen LogP contribution is 2.43. The van der Waals surface area contributed by atoms with E-state index in [1.807, 2.05) is 12.1 Å². The fourth-order valence-corrected chi connectivity index (χ4v) is 6.95. The topological polar surface area (TPSA) is 96.2 Å². The maximum absolute atomic E-state index is 14.4. The van der Waals surface area contributed by atoms with Crippen molar-refractivity contribution in [3.05, 3.63) is 29.3 Å². The first-order chi connectivity index (χ1) is 17.4. The quantitative estimate of drug-likeness (QED) is 0.623. The van der Waals surface area contributed by atoms with Crippen LogP contribution in [0.3, 0.4) is 0 Å². The summed E-state index contributed by atoms with van der Waals surface area (Å²) >= 11 is 0. The minimum atomic E-state index is -0.506. The Labute approximate surface area is 214 Å². The van der Waals surface area contributed by atoms with Gasteiger partial charge in [-0.2, -0.15) is 0 Å². The van der Waals surface area contributed by atoms with Crippen molar-refractivity contribution in [1.82, 2.24) is 9.80 Å². The minimum Gasteiger partial charge on any atom is -0.369 e. The molecule has 1 aromatic rings. The highest BCUT2D eigenvalue weighted by molar-refractivity contribution is 5.99. The van der Waals surface area contributed by atoms with Crippen LogP contribution in [0.2, 0.25) is 0 Å². The van der Waals surface area contributed by atoms with Crippen LogP contribution in [0.5, 0.6) is 0 Å². The predicted octanol–water partition coefficient (Wildman–Crippen LogP) is 2.41. The summed E-state index contributed by atoms with van der Waals surface area (Å²) < 4.78 is 5.83. The number of rotatable bonds is 7. The maximum Gasteiger partial charge on any atom is 0.249 e. The number of nitrogens with two attached hydrogens (primary N) is 1. The first-order valence-corrected chi connectivity index (χ1v) is 13.8. The highest BCUT2D eigenvalue weighted by atomic mass is 16.5. The molecule has 5 rings (SSSR count). The second-order valence-corrected chi connectivity index (χ2v) is 10.9. The van der Waals surface area contributed by atoms with Gasteiger partial charge in [0.1, 0.15) is 12.6 Å². The Morgan fingerprint density at radius 3 is 2.47 bits per heavy atom. The predicted molar refractivity (Wildman–Crippen MR) is 138 cm³/mol. The molecule has 1 aromatic carbocycles. The molecule has 4 atom stereocenters. The lowest BCUT2D eigenvalue weighted by Crippen LogP contribution is -2.46. The normalized spacial score (nSPS) is 28.1. The first kappa shape index (κ1) is 25.2. The molecule has 8 heteroatoms. The van der Waals surface area contributed by atoms with E-state index in [9.17, 15) is 14.4 Å². The van der Waals surface area contributed by atoms with Crippen LogP contribution in [0, 0.1) is 11.8 Å². The summed E-state index contributed by atoms with van der Waals surface area (Å²) in [5, 5.41) is 0.